The molecule has 1 aliphatic rings. The molecule has 0 spiro atoms. The molecule has 29 heavy (non-hydrogen) atoms. The number of piperazine rings is 1. The van der Waals surface area contributed by atoms with Gasteiger partial charge in [0.1, 0.15) is 17.3 Å². The van der Waals surface area contributed by atoms with Crippen molar-refractivity contribution in [2.75, 3.05) is 36.4 Å². The number of nitrogens with one attached hydrogen (secondary N) is 1. The van der Waals surface area contributed by atoms with Gasteiger partial charge in [0, 0.05) is 31.9 Å². The quantitative estimate of drug-likeness (QED) is 0.766. The van der Waals surface area contributed by atoms with Gasteiger partial charge >= 0.3 is 6.18 Å². The van der Waals surface area contributed by atoms with E-state index in [4.69, 9.17) is 0 Å². The molecule has 1 aliphatic heterocycles. The number of carbonyl (C=O) groups is 1. The third kappa shape index (κ3) is 4.84. The molecule has 0 saturated carbocycles. The summed E-state index contributed by atoms with van der Waals surface area (Å²) in [7, 11) is 0. The van der Waals surface area contributed by atoms with Crippen LogP contribution in [-0.4, -0.2) is 43.0 Å². The zero-order valence-electron chi connectivity index (χ0n) is 15.6. The number of nitrogens with zero attached hydrogens (tertiary/aromatic N) is 2. The normalized spacial score (nSPS) is 16.6. The summed E-state index contributed by atoms with van der Waals surface area (Å²) in [6.07, 6.45) is -4.41. The van der Waals surface area contributed by atoms with E-state index >= 15 is 0 Å². The van der Waals surface area contributed by atoms with Crippen LogP contribution in [0.5, 0.6) is 0 Å². The highest BCUT2D eigenvalue weighted by molar-refractivity contribution is 5.94. The molecule has 1 fully saturated rings. The second kappa shape index (κ2) is 8.36. The maximum atomic E-state index is 13.7. The molecule has 1 atom stereocenters. The van der Waals surface area contributed by atoms with Gasteiger partial charge in [-0.25, -0.2) is 8.78 Å². The fourth-order valence-corrected chi connectivity index (χ4v) is 3.26. The zero-order chi connectivity index (χ0) is 21.2. The maximum absolute atomic E-state index is 13.7. The second-order valence-electron chi connectivity index (χ2n) is 6.83. The van der Waals surface area contributed by atoms with Crippen molar-refractivity contribution in [3.63, 3.8) is 0 Å². The van der Waals surface area contributed by atoms with Gasteiger partial charge in [0.25, 0.3) is 0 Å². The Labute approximate surface area is 164 Å². The first-order valence-corrected chi connectivity index (χ1v) is 9.08. The SMILES string of the molecule is C[C@@H](C(=O)Nc1c(F)cccc1F)N1CCN(c2cccc(C(F)(F)F)c2)CC1. The Morgan fingerprint density at radius 2 is 1.59 bits per heavy atom. The molecule has 1 saturated heterocycles. The van der Waals surface area contributed by atoms with Crippen LogP contribution in [0.15, 0.2) is 42.5 Å². The average molecular weight is 413 g/mol. The number of carbonyl (C=O) groups excluding carboxylic acids is 1. The van der Waals surface area contributed by atoms with Crippen LogP contribution in [0.1, 0.15) is 12.5 Å². The standard InChI is InChI=1S/C20H20F5N3O/c1-13(19(29)26-18-16(21)6-3-7-17(18)22)27-8-10-28(11-9-27)15-5-2-4-14(12-15)20(23,24)25/h2-7,12-13H,8-11H2,1H3,(H,26,29)/t13-/m0/s1. The number of hydrogen-bond acceptors (Lipinski definition) is 3. The fraction of sp³-hybridized carbons (Fsp3) is 0.350. The number of benzene rings is 2. The monoisotopic (exact) mass is 413 g/mol. The molecule has 3 rings (SSSR count). The smallest absolute Gasteiger partial charge is 0.369 e. The van der Waals surface area contributed by atoms with Gasteiger partial charge in [-0.2, -0.15) is 13.2 Å². The number of halogens is 5. The van der Waals surface area contributed by atoms with E-state index in [1.54, 1.807) is 13.0 Å². The van der Waals surface area contributed by atoms with Gasteiger partial charge in [0.05, 0.1) is 11.6 Å². The summed E-state index contributed by atoms with van der Waals surface area (Å²) < 4.78 is 66.1. The highest BCUT2D eigenvalue weighted by Gasteiger charge is 2.32. The van der Waals surface area contributed by atoms with Crippen molar-refractivity contribution in [1.29, 1.82) is 0 Å². The minimum atomic E-state index is -4.41. The van der Waals surface area contributed by atoms with Gasteiger partial charge in [-0.05, 0) is 37.3 Å². The van der Waals surface area contributed by atoms with Crippen LogP contribution >= 0.6 is 0 Å². The van der Waals surface area contributed by atoms with E-state index < -0.39 is 41.0 Å². The van der Waals surface area contributed by atoms with Crippen LogP contribution in [0, 0.1) is 11.6 Å². The number of hydrogen-bond donors (Lipinski definition) is 1. The Balaban J connectivity index is 1.61. The minimum Gasteiger partial charge on any atom is -0.369 e. The number of rotatable bonds is 4. The van der Waals surface area contributed by atoms with Crippen molar-refractivity contribution in [3.8, 4) is 0 Å². The molecule has 0 aliphatic carbocycles. The van der Waals surface area contributed by atoms with Crippen LogP contribution < -0.4 is 10.2 Å². The van der Waals surface area contributed by atoms with Crippen LogP contribution in [0.4, 0.5) is 33.3 Å². The summed E-state index contributed by atoms with van der Waals surface area (Å²) in [4.78, 5) is 16.0. The van der Waals surface area contributed by atoms with Crippen LogP contribution in [0.3, 0.4) is 0 Å². The summed E-state index contributed by atoms with van der Waals surface area (Å²) in [5.41, 5.74) is -0.742. The number of para-hydroxylation sites is 1. The van der Waals surface area contributed by atoms with E-state index in [1.807, 2.05) is 9.80 Å². The van der Waals surface area contributed by atoms with Gasteiger partial charge in [0.2, 0.25) is 5.91 Å². The summed E-state index contributed by atoms with van der Waals surface area (Å²) >= 11 is 0. The first-order valence-electron chi connectivity index (χ1n) is 9.08. The number of anilines is 2. The molecule has 0 radical (unpaired) electrons. The van der Waals surface area contributed by atoms with Crippen molar-refractivity contribution in [3.05, 3.63) is 59.7 Å². The Morgan fingerprint density at radius 1 is 1.00 bits per heavy atom. The van der Waals surface area contributed by atoms with Gasteiger partial charge < -0.3 is 10.2 Å². The lowest BCUT2D eigenvalue weighted by molar-refractivity contribution is -0.137. The summed E-state index contributed by atoms with van der Waals surface area (Å²) in [6.45, 7) is 3.31. The van der Waals surface area contributed by atoms with Crippen molar-refractivity contribution in [2.24, 2.45) is 0 Å². The van der Waals surface area contributed by atoms with E-state index in [0.29, 0.717) is 31.9 Å². The largest absolute Gasteiger partial charge is 0.416 e. The van der Waals surface area contributed by atoms with Crippen LogP contribution in [0.25, 0.3) is 0 Å². The second-order valence-corrected chi connectivity index (χ2v) is 6.83. The Morgan fingerprint density at radius 3 is 2.17 bits per heavy atom. The highest BCUT2D eigenvalue weighted by Crippen LogP contribution is 2.32. The molecule has 0 unspecified atom stereocenters. The zero-order valence-corrected chi connectivity index (χ0v) is 15.6. The van der Waals surface area contributed by atoms with E-state index in [1.165, 1.54) is 12.1 Å². The molecule has 9 heteroatoms. The van der Waals surface area contributed by atoms with Crippen molar-refractivity contribution in [1.82, 2.24) is 4.90 Å². The Bertz CT molecular complexity index is 858. The molecule has 2 aromatic carbocycles. The summed E-state index contributed by atoms with van der Waals surface area (Å²) in [5.74, 6) is -2.28. The molecular weight excluding hydrogens is 393 g/mol. The minimum absolute atomic E-state index is 0.421. The van der Waals surface area contributed by atoms with Gasteiger partial charge in [-0.15, -0.1) is 0 Å². The van der Waals surface area contributed by atoms with E-state index in [2.05, 4.69) is 5.32 Å². The van der Waals surface area contributed by atoms with Crippen molar-refractivity contribution < 1.29 is 26.7 Å². The van der Waals surface area contributed by atoms with Crippen molar-refractivity contribution in [2.45, 2.75) is 19.1 Å². The predicted octanol–water partition coefficient (Wildman–Crippen LogP) is 4.13. The Hall–Kier alpha value is -2.68. The van der Waals surface area contributed by atoms with Gasteiger partial charge in [0.15, 0.2) is 0 Å². The molecular formula is C20H20F5N3O. The van der Waals surface area contributed by atoms with E-state index in [0.717, 1.165) is 24.3 Å². The van der Waals surface area contributed by atoms with Crippen LogP contribution in [0.2, 0.25) is 0 Å². The molecule has 4 nitrogen and oxygen atoms in total. The highest BCUT2D eigenvalue weighted by atomic mass is 19.4. The molecule has 0 aromatic heterocycles. The lowest BCUT2D eigenvalue weighted by atomic mass is 10.1. The lowest BCUT2D eigenvalue weighted by Gasteiger charge is -2.38. The fourth-order valence-electron chi connectivity index (χ4n) is 3.26. The first kappa shape index (κ1) is 21.0. The summed E-state index contributed by atoms with van der Waals surface area (Å²) in [6, 6.07) is 7.76. The van der Waals surface area contributed by atoms with E-state index in [-0.39, 0.29) is 0 Å². The molecule has 2 aromatic rings. The molecule has 1 heterocycles. The predicted molar refractivity (Wildman–Crippen MR) is 99.7 cm³/mol. The third-order valence-electron chi connectivity index (χ3n) is 4.99. The Kier molecular flexibility index (Phi) is 6.07. The topological polar surface area (TPSA) is 35.6 Å². The van der Waals surface area contributed by atoms with Crippen LogP contribution in [-0.2, 0) is 11.0 Å². The van der Waals surface area contributed by atoms with Crippen molar-refractivity contribution >= 4 is 17.3 Å². The average Bonchev–Trinajstić information content (AvgIpc) is 2.70. The molecule has 1 N–H and O–H groups in total. The number of amides is 1. The molecule has 0 bridgehead atoms. The molecule has 156 valence electrons. The van der Waals surface area contributed by atoms with E-state index in [9.17, 15) is 26.7 Å². The summed E-state index contributed by atoms with van der Waals surface area (Å²) in [5, 5.41) is 2.27. The number of alkyl halides is 3. The lowest BCUT2D eigenvalue weighted by Crippen LogP contribution is -2.53. The van der Waals surface area contributed by atoms with Gasteiger partial charge in [-0.3, -0.25) is 9.69 Å². The molecule has 1 amide bonds. The van der Waals surface area contributed by atoms with Gasteiger partial charge in [-0.1, -0.05) is 12.1 Å². The first-order chi connectivity index (χ1) is 13.7. The third-order valence-corrected chi connectivity index (χ3v) is 4.99. The maximum Gasteiger partial charge on any atom is 0.416 e.